The Morgan fingerprint density at radius 2 is 1.66 bits per heavy atom. The summed E-state index contributed by atoms with van der Waals surface area (Å²) in [6.45, 7) is 18.3. The number of hydrogen-bond acceptors (Lipinski definition) is 19. The van der Waals surface area contributed by atoms with Crippen LogP contribution in [0.4, 0.5) is 14.9 Å². The number of likely N-dealkylation sites (N-methyl/N-ethyl adjacent to an activating group) is 2. The van der Waals surface area contributed by atoms with Gasteiger partial charge in [-0.05, 0) is 111 Å². The molecule has 1 aromatic heterocycles. The summed E-state index contributed by atoms with van der Waals surface area (Å²) in [4.78, 5) is 32.2. The first kappa shape index (κ1) is 58.7. The number of aliphatic hydroxyl groups is 5. The zero-order chi connectivity index (χ0) is 53.9. The van der Waals surface area contributed by atoms with E-state index in [4.69, 9.17) is 42.4 Å². The van der Waals surface area contributed by atoms with Crippen LogP contribution in [0.1, 0.15) is 101 Å². The molecule has 5 heterocycles. The molecule has 73 heavy (non-hydrogen) atoms. The van der Waals surface area contributed by atoms with Crippen LogP contribution in [0.5, 0.6) is 5.88 Å². The summed E-state index contributed by atoms with van der Waals surface area (Å²) in [5.74, 6) is -2.67. The van der Waals surface area contributed by atoms with E-state index in [-0.39, 0.29) is 44.2 Å². The Morgan fingerprint density at radius 1 is 0.945 bits per heavy atom. The zero-order valence-electron chi connectivity index (χ0n) is 44.9. The summed E-state index contributed by atoms with van der Waals surface area (Å²) in [5.41, 5.74) is -4.23. The third kappa shape index (κ3) is 13.7. The number of halogens is 1. The van der Waals surface area contributed by atoms with Crippen LogP contribution in [0.15, 0.2) is 34.9 Å². The SMILES string of the molecule is CC[C@H]1OC(=O)[C@H](C)[C@@H](O[C@H]2C[C@@](C)(OC)[C@@H](O)[C@H](C)O2)[C@H](C)[C@@H](O[C@@H]2O[C@H](C)C[C@H](N(C)CCc3cc(OCC4CN(c5cccc(F)c5)C(=O)O4)no3)[C@H]2O)[C@](C)(O)C[C@@H](C)CN(C)[C@H](C)[C@@H](O)[C@]1(C)O. The number of hydrogen-bond donors (Lipinski definition) is 5. The topological polar surface area (TPSA) is 245 Å². The average molecular weight is 1040 g/mol. The van der Waals surface area contributed by atoms with Crippen LogP contribution >= 0.6 is 0 Å². The first-order valence-corrected chi connectivity index (χ1v) is 25.8. The van der Waals surface area contributed by atoms with Crippen molar-refractivity contribution in [3.8, 4) is 5.88 Å². The van der Waals surface area contributed by atoms with Gasteiger partial charge in [-0.15, -0.1) is 0 Å². The number of aromatic nitrogens is 1. The second kappa shape index (κ2) is 24.2. The molecule has 0 spiro atoms. The fraction of sp³-hybridized carbons (Fsp3) is 0.788. The molecule has 0 saturated carbocycles. The van der Waals surface area contributed by atoms with Crippen molar-refractivity contribution in [2.24, 2.45) is 17.8 Å². The van der Waals surface area contributed by atoms with E-state index in [9.17, 15) is 39.5 Å². The summed E-state index contributed by atoms with van der Waals surface area (Å²) in [6.07, 6.45) is -10.4. The Kier molecular flexibility index (Phi) is 19.4. The van der Waals surface area contributed by atoms with Crippen LogP contribution in [0.3, 0.4) is 0 Å². The molecule has 4 saturated heterocycles. The first-order valence-electron chi connectivity index (χ1n) is 25.8. The van der Waals surface area contributed by atoms with E-state index in [0.717, 1.165) is 0 Å². The number of ether oxygens (including phenoxy) is 8. The highest BCUT2D eigenvalue weighted by molar-refractivity contribution is 5.89. The lowest BCUT2D eigenvalue weighted by Gasteiger charge is -2.49. The summed E-state index contributed by atoms with van der Waals surface area (Å²) < 4.78 is 68.8. The van der Waals surface area contributed by atoms with Crippen LogP contribution < -0.4 is 9.64 Å². The molecule has 414 valence electrons. The Morgan fingerprint density at radius 3 is 2.33 bits per heavy atom. The number of cyclic esters (lactones) is 2. The van der Waals surface area contributed by atoms with Crippen molar-refractivity contribution in [2.45, 2.75) is 198 Å². The summed E-state index contributed by atoms with van der Waals surface area (Å²) in [5, 5.41) is 63.7. The molecule has 6 rings (SSSR count). The van der Waals surface area contributed by atoms with Crippen LogP contribution in [-0.2, 0) is 44.4 Å². The molecule has 0 bridgehead atoms. The smallest absolute Gasteiger partial charge is 0.414 e. The van der Waals surface area contributed by atoms with Crippen molar-refractivity contribution in [3.05, 3.63) is 41.9 Å². The standard InChI is InChI=1S/C52H83FN4O16/c1-14-39-52(10,64)44(59)32(6)56(12)25-28(2)23-50(8,63)46(30(4)43(31(5)47(61)70-39)71-41-24-51(9,65-13)45(60)33(7)68-41)72-48-42(58)38(20-29(3)67-48)55(11)19-18-36-22-40(54-73-36)66-27-37-26-57(49(62)69-37)35-17-15-16-34(53)21-35/h15-17,21-22,28-33,37-39,41-46,48,58-60,63-64H,14,18-20,23-27H2,1-13H3/t28-,29-,30+,31-,32-,33+,37?,38+,39-,41+,42-,43+,44-,45+,46-,48+,50-,51-,52-/m1/s1. The molecular weight excluding hydrogens is 956 g/mol. The minimum absolute atomic E-state index is 0.00782. The average Bonchev–Trinajstić information content (AvgIpc) is 3.96. The number of benzene rings is 1. The van der Waals surface area contributed by atoms with E-state index < -0.39 is 126 Å². The molecule has 20 nitrogen and oxygen atoms in total. The molecule has 4 fully saturated rings. The molecule has 2 aromatic rings. The summed E-state index contributed by atoms with van der Waals surface area (Å²) >= 11 is 0. The van der Waals surface area contributed by atoms with Gasteiger partial charge in [0, 0.05) is 57.1 Å². The van der Waals surface area contributed by atoms with Gasteiger partial charge >= 0.3 is 12.1 Å². The fourth-order valence-corrected chi connectivity index (χ4v) is 11.2. The first-order chi connectivity index (χ1) is 34.2. The van der Waals surface area contributed by atoms with Crippen molar-refractivity contribution in [2.75, 3.05) is 52.3 Å². The maximum Gasteiger partial charge on any atom is 0.414 e. The number of nitrogens with zero attached hydrogens (tertiary/aromatic N) is 4. The molecule has 1 aromatic carbocycles. The highest BCUT2D eigenvalue weighted by atomic mass is 19.1. The van der Waals surface area contributed by atoms with E-state index in [2.05, 4.69) is 5.16 Å². The maximum atomic E-state index is 14.5. The van der Waals surface area contributed by atoms with E-state index >= 15 is 0 Å². The van der Waals surface area contributed by atoms with Gasteiger partial charge < -0.3 is 77.8 Å². The van der Waals surface area contributed by atoms with E-state index in [0.29, 0.717) is 37.4 Å². The number of amides is 1. The molecule has 4 aliphatic rings. The number of carbonyl (C=O) groups excluding carboxylic acids is 2. The zero-order valence-corrected chi connectivity index (χ0v) is 44.9. The van der Waals surface area contributed by atoms with Gasteiger partial charge in [0.1, 0.15) is 48.2 Å². The second-order valence-electron chi connectivity index (χ2n) is 22.0. The molecule has 21 heteroatoms. The number of esters is 1. The largest absolute Gasteiger partial charge is 0.471 e. The van der Waals surface area contributed by atoms with Gasteiger partial charge in [-0.1, -0.05) is 26.8 Å². The van der Waals surface area contributed by atoms with Crippen molar-refractivity contribution < 1.29 is 81.9 Å². The Hall–Kier alpha value is -3.58. The monoisotopic (exact) mass is 1040 g/mol. The molecule has 1 unspecified atom stereocenters. The highest BCUT2D eigenvalue weighted by Gasteiger charge is 2.53. The number of carbonyl (C=O) groups is 2. The van der Waals surface area contributed by atoms with E-state index in [1.807, 2.05) is 37.7 Å². The second-order valence-corrected chi connectivity index (χ2v) is 22.0. The molecular formula is C52H83FN4O16. The van der Waals surface area contributed by atoms with Crippen LogP contribution in [0, 0.1) is 23.6 Å². The van der Waals surface area contributed by atoms with E-state index in [1.165, 1.54) is 37.1 Å². The van der Waals surface area contributed by atoms with Gasteiger partial charge in [0.25, 0.3) is 5.88 Å². The van der Waals surface area contributed by atoms with Crippen molar-refractivity contribution in [1.29, 1.82) is 0 Å². The predicted octanol–water partition coefficient (Wildman–Crippen LogP) is 4.04. The predicted molar refractivity (Wildman–Crippen MR) is 263 cm³/mol. The fourth-order valence-electron chi connectivity index (χ4n) is 11.2. The van der Waals surface area contributed by atoms with Crippen LogP contribution in [-0.4, -0.2) is 196 Å². The van der Waals surface area contributed by atoms with Crippen molar-refractivity contribution in [1.82, 2.24) is 15.0 Å². The van der Waals surface area contributed by atoms with Gasteiger partial charge in [0.05, 0.1) is 53.8 Å². The van der Waals surface area contributed by atoms with Crippen LogP contribution in [0.2, 0.25) is 0 Å². The van der Waals surface area contributed by atoms with Gasteiger partial charge in [-0.2, -0.15) is 0 Å². The van der Waals surface area contributed by atoms with Crippen molar-refractivity contribution in [3.63, 3.8) is 0 Å². The third-order valence-electron chi connectivity index (χ3n) is 15.8. The van der Waals surface area contributed by atoms with Crippen LogP contribution in [0.25, 0.3) is 0 Å². The Bertz CT molecular complexity index is 2120. The van der Waals surface area contributed by atoms with E-state index in [1.54, 1.807) is 60.6 Å². The number of anilines is 1. The number of methoxy groups -OCH3 is 1. The third-order valence-corrected chi connectivity index (χ3v) is 15.8. The maximum absolute atomic E-state index is 14.5. The van der Waals surface area contributed by atoms with Gasteiger partial charge in [0.2, 0.25) is 0 Å². The quantitative estimate of drug-likeness (QED) is 0.168. The Balaban J connectivity index is 1.21. The lowest BCUT2D eigenvalue weighted by molar-refractivity contribution is -0.318. The minimum atomic E-state index is -1.86. The summed E-state index contributed by atoms with van der Waals surface area (Å²) in [6, 6.07) is 6.23. The molecule has 5 N–H and O–H groups in total. The molecule has 19 atom stereocenters. The van der Waals surface area contributed by atoms with Gasteiger partial charge in [-0.3, -0.25) is 9.69 Å². The Labute approximate surface area is 429 Å². The molecule has 1 amide bonds. The number of aliphatic hydroxyl groups excluding tert-OH is 3. The normalized spacial score (nSPS) is 40.7. The lowest BCUT2D eigenvalue weighted by atomic mass is 9.77. The number of rotatable bonds is 14. The van der Waals surface area contributed by atoms with Gasteiger partial charge in [0.15, 0.2) is 18.7 Å². The highest BCUT2D eigenvalue weighted by Crippen LogP contribution is 2.40. The lowest BCUT2D eigenvalue weighted by Crippen LogP contribution is -2.61. The molecule has 4 aliphatic heterocycles. The van der Waals surface area contributed by atoms with Gasteiger partial charge in [-0.25, -0.2) is 9.18 Å². The summed E-state index contributed by atoms with van der Waals surface area (Å²) in [7, 11) is 5.17. The van der Waals surface area contributed by atoms with Crippen molar-refractivity contribution >= 4 is 17.7 Å². The molecule has 0 radical (unpaired) electrons. The minimum Gasteiger partial charge on any atom is -0.471 e. The molecule has 0 aliphatic carbocycles.